The van der Waals surface area contributed by atoms with Gasteiger partial charge in [-0.25, -0.2) is 23.9 Å². The van der Waals surface area contributed by atoms with E-state index in [0.717, 1.165) is 6.42 Å². The maximum Gasteiger partial charge on any atom is 0.182 e. The van der Waals surface area contributed by atoms with Gasteiger partial charge in [-0.2, -0.15) is 0 Å². The fourth-order valence-corrected chi connectivity index (χ4v) is 2.88. The van der Waals surface area contributed by atoms with Crippen molar-refractivity contribution in [2.75, 3.05) is 12.4 Å². The molecule has 132 valence electrons. The van der Waals surface area contributed by atoms with E-state index in [1.165, 1.54) is 6.33 Å². The molecule has 0 aliphatic carbocycles. The Kier molecular flexibility index (Phi) is 5.25. The Labute approximate surface area is 148 Å². The predicted octanol–water partition coefficient (Wildman–Crippen LogP) is 2.52. The number of fused-ring (bicyclic) bond motifs is 1. The molecule has 0 fully saturated rings. The molecule has 0 aliphatic rings. The van der Waals surface area contributed by atoms with Crippen LogP contribution in [0.25, 0.3) is 11.2 Å². The Hall–Kier alpha value is -2.52. The smallest absolute Gasteiger partial charge is 0.182 e. The topological polar surface area (TPSA) is 105 Å². The van der Waals surface area contributed by atoms with E-state index in [4.69, 9.17) is 4.74 Å². The summed E-state index contributed by atoms with van der Waals surface area (Å²) in [6.07, 6.45) is 3.94. The highest BCUT2D eigenvalue weighted by Gasteiger charge is 2.14. The third-order valence-electron chi connectivity index (χ3n) is 3.73. The van der Waals surface area contributed by atoms with Crippen LogP contribution < -0.4 is 14.8 Å². The summed E-state index contributed by atoms with van der Waals surface area (Å²) in [7, 11) is 0.345. The van der Waals surface area contributed by atoms with Gasteiger partial charge in [-0.1, -0.05) is 6.92 Å². The maximum absolute atomic E-state index is 12.1. The number of ether oxygens (including phenoxy) is 1. The number of imidazole rings is 1. The fraction of sp³-hybridized carbons (Fsp3) is 0.312. The number of benzene rings is 1. The van der Waals surface area contributed by atoms with Gasteiger partial charge in [0.2, 0.25) is 0 Å². The molecule has 0 saturated carbocycles. The Bertz CT molecular complexity index is 897. The summed E-state index contributed by atoms with van der Waals surface area (Å²) in [5.41, 5.74) is 1.94. The molecule has 0 spiro atoms. The van der Waals surface area contributed by atoms with Gasteiger partial charge in [0.1, 0.15) is 28.6 Å². The highest BCUT2D eigenvalue weighted by atomic mass is 32.2. The molecule has 0 amide bonds. The van der Waals surface area contributed by atoms with Crippen molar-refractivity contribution in [2.24, 2.45) is 0 Å². The van der Waals surface area contributed by atoms with Gasteiger partial charge < -0.3 is 15.0 Å². The van der Waals surface area contributed by atoms with E-state index in [2.05, 4.69) is 36.9 Å². The lowest BCUT2D eigenvalue weighted by molar-refractivity contribution is 0.218. The van der Waals surface area contributed by atoms with Crippen molar-refractivity contribution in [3.8, 4) is 5.75 Å². The van der Waals surface area contributed by atoms with Crippen molar-refractivity contribution in [1.29, 1.82) is 0 Å². The third-order valence-corrected chi connectivity index (χ3v) is 4.78. The summed E-state index contributed by atoms with van der Waals surface area (Å²) < 4.78 is 20.8. The van der Waals surface area contributed by atoms with Crippen molar-refractivity contribution >= 4 is 33.7 Å². The molecule has 0 aliphatic heterocycles. The summed E-state index contributed by atoms with van der Waals surface area (Å²) in [4.78, 5) is 16.2. The van der Waals surface area contributed by atoms with Crippen molar-refractivity contribution < 1.29 is 8.95 Å². The van der Waals surface area contributed by atoms with E-state index in [1.807, 2.05) is 13.0 Å². The van der Waals surface area contributed by atoms with Crippen LogP contribution in [0.2, 0.25) is 0 Å². The third kappa shape index (κ3) is 3.77. The van der Waals surface area contributed by atoms with Crippen LogP contribution in [-0.4, -0.2) is 37.3 Å². The van der Waals surface area contributed by atoms with Gasteiger partial charge in [0.25, 0.3) is 0 Å². The molecular weight excluding hydrogens is 340 g/mol. The molecule has 9 heteroatoms. The molecule has 3 N–H and O–H groups in total. The first-order valence-electron chi connectivity index (χ1n) is 7.93. The molecule has 2 atom stereocenters. The lowest BCUT2D eigenvalue weighted by Crippen LogP contribution is -2.13. The number of hydrogen-bond donors (Lipinski definition) is 3. The number of nitrogens with one attached hydrogen (secondary N) is 3. The van der Waals surface area contributed by atoms with Gasteiger partial charge in [0.05, 0.1) is 23.0 Å². The summed E-state index contributed by atoms with van der Waals surface area (Å²) in [5, 5.41) is 3.24. The zero-order chi connectivity index (χ0) is 17.8. The summed E-state index contributed by atoms with van der Waals surface area (Å²) in [5.74, 6) is 1.24. The monoisotopic (exact) mass is 360 g/mol. The molecule has 2 unspecified atom stereocenters. The maximum atomic E-state index is 12.1. The minimum Gasteiger partial charge on any atom is -0.489 e. The largest absolute Gasteiger partial charge is 0.489 e. The first kappa shape index (κ1) is 17.3. The second-order valence-corrected chi connectivity index (χ2v) is 6.83. The van der Waals surface area contributed by atoms with Gasteiger partial charge in [0.15, 0.2) is 11.5 Å². The fourth-order valence-electron chi connectivity index (χ4n) is 2.23. The molecule has 0 bridgehead atoms. The normalized spacial score (nSPS) is 13.6. The SMILES string of the molecule is CCC(C)Oc1ccc(S(=O)NC)cc1Nc1ncnc2nc[nH]c12. The highest BCUT2D eigenvalue weighted by Crippen LogP contribution is 2.31. The average molecular weight is 360 g/mol. The summed E-state index contributed by atoms with van der Waals surface area (Å²) in [6.45, 7) is 4.06. The summed E-state index contributed by atoms with van der Waals surface area (Å²) in [6, 6.07) is 5.38. The van der Waals surface area contributed by atoms with E-state index < -0.39 is 11.0 Å². The van der Waals surface area contributed by atoms with Gasteiger partial charge in [-0.3, -0.25) is 0 Å². The van der Waals surface area contributed by atoms with Gasteiger partial charge in [-0.05, 0) is 38.6 Å². The van der Waals surface area contributed by atoms with Gasteiger partial charge in [-0.15, -0.1) is 0 Å². The van der Waals surface area contributed by atoms with Crippen molar-refractivity contribution in [2.45, 2.75) is 31.3 Å². The van der Waals surface area contributed by atoms with E-state index in [1.54, 1.807) is 25.5 Å². The van der Waals surface area contributed by atoms with E-state index in [0.29, 0.717) is 33.3 Å². The van der Waals surface area contributed by atoms with Crippen molar-refractivity contribution in [1.82, 2.24) is 24.7 Å². The summed E-state index contributed by atoms with van der Waals surface area (Å²) >= 11 is 0. The average Bonchev–Trinajstić information content (AvgIpc) is 3.12. The van der Waals surface area contributed by atoms with E-state index >= 15 is 0 Å². The van der Waals surface area contributed by atoms with Gasteiger partial charge in [0, 0.05) is 0 Å². The predicted molar refractivity (Wildman–Crippen MR) is 97.3 cm³/mol. The lowest BCUT2D eigenvalue weighted by atomic mass is 10.2. The Morgan fingerprint density at radius 1 is 1.32 bits per heavy atom. The van der Waals surface area contributed by atoms with Crippen LogP contribution in [0.15, 0.2) is 35.7 Å². The zero-order valence-electron chi connectivity index (χ0n) is 14.2. The van der Waals surface area contributed by atoms with E-state index in [9.17, 15) is 4.21 Å². The second-order valence-electron chi connectivity index (χ2n) is 5.42. The molecule has 8 nitrogen and oxygen atoms in total. The van der Waals surface area contributed by atoms with Crippen LogP contribution in [-0.2, 0) is 11.0 Å². The van der Waals surface area contributed by atoms with Crippen LogP contribution in [0.4, 0.5) is 11.5 Å². The lowest BCUT2D eigenvalue weighted by Gasteiger charge is -2.18. The van der Waals surface area contributed by atoms with E-state index in [-0.39, 0.29) is 6.10 Å². The first-order valence-corrected chi connectivity index (χ1v) is 9.08. The number of rotatable bonds is 7. The van der Waals surface area contributed by atoms with Gasteiger partial charge >= 0.3 is 0 Å². The molecule has 1 aromatic carbocycles. The minimum absolute atomic E-state index is 0.0544. The minimum atomic E-state index is -1.30. The Morgan fingerprint density at radius 3 is 2.92 bits per heavy atom. The zero-order valence-corrected chi connectivity index (χ0v) is 15.1. The molecule has 3 rings (SSSR count). The molecule has 3 aromatic rings. The van der Waals surface area contributed by atoms with Crippen LogP contribution in [0, 0.1) is 0 Å². The Morgan fingerprint density at radius 2 is 2.16 bits per heavy atom. The number of anilines is 2. The number of H-pyrrole nitrogens is 1. The number of aromatic nitrogens is 4. The second kappa shape index (κ2) is 7.58. The Balaban J connectivity index is 2.01. The van der Waals surface area contributed by atoms with Crippen molar-refractivity contribution in [3.63, 3.8) is 0 Å². The molecule has 2 aromatic heterocycles. The molecule has 2 heterocycles. The number of hydrogen-bond acceptors (Lipinski definition) is 6. The molecule has 0 saturated heterocycles. The van der Waals surface area contributed by atoms with Crippen LogP contribution in [0.5, 0.6) is 5.75 Å². The van der Waals surface area contributed by atoms with Crippen LogP contribution in [0.3, 0.4) is 0 Å². The highest BCUT2D eigenvalue weighted by molar-refractivity contribution is 7.83. The molecule has 25 heavy (non-hydrogen) atoms. The standard InChI is InChI=1S/C16H20N6O2S/c1-4-10(2)24-13-6-5-11(25(23)17-3)7-12(13)22-16-14-15(19-8-18-14)20-9-21-16/h5-10,17H,4H2,1-3H3,(H2,18,19,20,21,22). The van der Waals surface area contributed by atoms with Crippen LogP contribution >= 0.6 is 0 Å². The number of aromatic amines is 1. The number of nitrogens with zero attached hydrogens (tertiary/aromatic N) is 3. The molecule has 0 radical (unpaired) electrons. The quantitative estimate of drug-likeness (QED) is 0.598. The first-order chi connectivity index (χ1) is 12.1. The molecular formula is C16H20N6O2S. The van der Waals surface area contributed by atoms with Crippen LogP contribution in [0.1, 0.15) is 20.3 Å². The van der Waals surface area contributed by atoms with Crippen molar-refractivity contribution in [3.05, 3.63) is 30.9 Å².